The molecule has 0 saturated heterocycles. The van der Waals surface area contributed by atoms with E-state index >= 15 is 0 Å². The molecule has 0 unspecified atom stereocenters. The van der Waals surface area contributed by atoms with Crippen LogP contribution in [0, 0.1) is 41.7 Å². The van der Waals surface area contributed by atoms with Crippen LogP contribution in [0.25, 0.3) is 0 Å². The third-order valence-corrected chi connectivity index (χ3v) is 0. The Morgan fingerprint density at radius 3 is 1.25 bits per heavy atom. The molecule has 0 aliphatic rings. The molecule has 0 aromatic heterocycles. The number of alkyl halides is 2. The Morgan fingerprint density at radius 2 is 1.25 bits per heavy atom. The maximum atomic E-state index is 4.76. The van der Waals surface area contributed by atoms with Crippen LogP contribution in [0.15, 0.2) is 0 Å². The van der Waals surface area contributed by atoms with Crippen LogP contribution in [0.5, 0.6) is 0 Å². The van der Waals surface area contributed by atoms with E-state index in [2.05, 4.69) is 0 Å². The minimum absolute atomic E-state index is 0. The molecule has 4 heavy (non-hydrogen) atoms. The summed E-state index contributed by atoms with van der Waals surface area (Å²) in [4.78, 5) is 0. The summed E-state index contributed by atoms with van der Waals surface area (Å²) in [7, 11) is 0. The Kier molecular flexibility index (Phi) is 20.7. The van der Waals surface area contributed by atoms with E-state index in [1.165, 1.54) is 0 Å². The first kappa shape index (κ1) is 9.35. The number of hydrogen-bond acceptors (Lipinski definition) is 0. The van der Waals surface area contributed by atoms with Crippen molar-refractivity contribution in [1.82, 2.24) is 0 Å². The van der Waals surface area contributed by atoms with Gasteiger partial charge in [-0.3, -0.25) is 0 Å². The Balaban J connectivity index is 0. The van der Waals surface area contributed by atoms with E-state index < -0.39 is 0 Å². The zero-order chi connectivity index (χ0) is 2.71. The Labute approximate surface area is 69.2 Å². The summed E-state index contributed by atoms with van der Waals surface area (Å²) >= 11 is 9.53. The number of rotatable bonds is 0. The van der Waals surface area contributed by atoms with E-state index in [4.69, 9.17) is 23.2 Å². The summed E-state index contributed by atoms with van der Waals surface area (Å²) in [5.41, 5.74) is 0. The second kappa shape index (κ2) is 8.88. The zero-order valence-electron chi connectivity index (χ0n) is 1.96. The number of halogens is 2. The van der Waals surface area contributed by atoms with Gasteiger partial charge in [0.25, 0.3) is 0 Å². The SMILES string of the molecule is ClCCl.[Ce]. The average Bonchev–Trinajstić information content (AvgIpc) is 0.918. The van der Waals surface area contributed by atoms with E-state index in [9.17, 15) is 0 Å². The first-order chi connectivity index (χ1) is 1.41. The van der Waals surface area contributed by atoms with Crippen molar-refractivity contribution in [3.05, 3.63) is 0 Å². The van der Waals surface area contributed by atoms with E-state index in [0.29, 0.717) is 0 Å². The average molecular weight is 225 g/mol. The second-order valence-corrected chi connectivity index (χ2v) is 0.909. The number of hydrogen-bond donors (Lipinski definition) is 0. The van der Waals surface area contributed by atoms with Crippen molar-refractivity contribution < 1.29 is 41.7 Å². The maximum Gasteiger partial charge on any atom is 0.0967 e. The standard InChI is InChI=1S/CH2Cl2.Ce/c2-1-3;/h1H2;. The Morgan fingerprint density at radius 1 is 1.25 bits per heavy atom. The van der Waals surface area contributed by atoms with Crippen molar-refractivity contribution in [1.29, 1.82) is 0 Å². The molecule has 0 N–H and O–H groups in total. The van der Waals surface area contributed by atoms with Crippen LogP contribution in [0.2, 0.25) is 0 Å². The van der Waals surface area contributed by atoms with Crippen molar-refractivity contribution >= 4 is 23.2 Å². The van der Waals surface area contributed by atoms with Gasteiger partial charge in [0.05, 0.1) is 5.34 Å². The van der Waals surface area contributed by atoms with Crippen LogP contribution in [-0.4, -0.2) is 5.34 Å². The van der Waals surface area contributed by atoms with Gasteiger partial charge in [0, 0.05) is 41.7 Å². The third-order valence-electron chi connectivity index (χ3n) is 0. The van der Waals surface area contributed by atoms with Crippen molar-refractivity contribution in [2.45, 2.75) is 0 Å². The zero-order valence-corrected chi connectivity index (χ0v) is 6.61. The fourth-order valence-corrected chi connectivity index (χ4v) is 0. The van der Waals surface area contributed by atoms with Gasteiger partial charge in [-0.2, -0.15) is 0 Å². The topological polar surface area (TPSA) is 0 Å². The van der Waals surface area contributed by atoms with Crippen molar-refractivity contribution in [2.75, 3.05) is 5.34 Å². The predicted octanol–water partition coefficient (Wildman–Crippen LogP) is 1.42. The molecule has 0 rings (SSSR count). The molecule has 0 fully saturated rings. The van der Waals surface area contributed by atoms with Gasteiger partial charge in [0.2, 0.25) is 0 Å². The summed E-state index contributed by atoms with van der Waals surface area (Å²) in [6.07, 6.45) is 0. The predicted molar refractivity (Wildman–Crippen MR) is 16.6 cm³/mol. The minimum Gasteiger partial charge on any atom is -0.109 e. The largest absolute Gasteiger partial charge is 0.109 e. The molecule has 0 radical (unpaired) electrons. The summed E-state index contributed by atoms with van der Waals surface area (Å²) in [6.45, 7) is 0. The first-order valence-electron chi connectivity index (χ1n) is 0.535. The molecule has 0 aromatic rings. The summed E-state index contributed by atoms with van der Waals surface area (Å²) < 4.78 is 0. The fourth-order valence-electron chi connectivity index (χ4n) is 0. The first-order valence-corrected chi connectivity index (χ1v) is 1.60. The van der Waals surface area contributed by atoms with Crippen molar-refractivity contribution in [3.63, 3.8) is 0 Å². The molecule has 0 heterocycles. The molecule has 0 aromatic carbocycles. The van der Waals surface area contributed by atoms with Crippen LogP contribution in [0.1, 0.15) is 0 Å². The van der Waals surface area contributed by atoms with Gasteiger partial charge in [-0.15, -0.1) is 23.2 Å². The Bertz CT molecular complexity index is 6.00. The molecule has 24 valence electrons. The van der Waals surface area contributed by atoms with Gasteiger partial charge in [0.15, 0.2) is 0 Å². The molecule has 3 heteroatoms. The summed E-state index contributed by atoms with van der Waals surface area (Å²) in [5, 5.41) is 0.194. The van der Waals surface area contributed by atoms with Gasteiger partial charge in [-0.05, 0) is 0 Å². The quantitative estimate of drug-likeness (QED) is 0.547. The van der Waals surface area contributed by atoms with E-state index in [1.807, 2.05) is 0 Å². The van der Waals surface area contributed by atoms with Crippen LogP contribution in [0.3, 0.4) is 0 Å². The van der Waals surface area contributed by atoms with Gasteiger partial charge in [-0.25, -0.2) is 0 Å². The monoisotopic (exact) mass is 224 g/mol. The smallest absolute Gasteiger partial charge is 0.0967 e. The van der Waals surface area contributed by atoms with E-state index in [-0.39, 0.29) is 47.1 Å². The normalized spacial score (nSPS) is 4.50. The van der Waals surface area contributed by atoms with Crippen molar-refractivity contribution in [2.24, 2.45) is 0 Å². The molecule has 0 nitrogen and oxygen atoms in total. The molecule has 0 atom stereocenters. The molecule has 0 bridgehead atoms. The van der Waals surface area contributed by atoms with E-state index in [1.54, 1.807) is 0 Å². The van der Waals surface area contributed by atoms with Gasteiger partial charge >= 0.3 is 0 Å². The maximum absolute atomic E-state index is 4.76. The van der Waals surface area contributed by atoms with Gasteiger partial charge in [0.1, 0.15) is 0 Å². The second-order valence-electron chi connectivity index (χ2n) is 0.101. The molecule has 0 saturated carbocycles. The third kappa shape index (κ3) is 9.03. The molecule has 0 aliphatic heterocycles. The molecular formula is CH2CeCl2. The fraction of sp³-hybridized carbons (Fsp3) is 1.00. The minimum atomic E-state index is 0. The summed E-state index contributed by atoms with van der Waals surface area (Å²) in [5.74, 6) is 0. The van der Waals surface area contributed by atoms with Crippen LogP contribution < -0.4 is 0 Å². The molecule has 0 spiro atoms. The summed E-state index contributed by atoms with van der Waals surface area (Å²) in [6, 6.07) is 0. The van der Waals surface area contributed by atoms with Gasteiger partial charge < -0.3 is 0 Å². The van der Waals surface area contributed by atoms with E-state index in [0.717, 1.165) is 0 Å². The van der Waals surface area contributed by atoms with Crippen molar-refractivity contribution in [3.8, 4) is 0 Å². The van der Waals surface area contributed by atoms with Gasteiger partial charge in [-0.1, -0.05) is 0 Å². The van der Waals surface area contributed by atoms with Crippen LogP contribution in [-0.2, 0) is 0 Å². The molecule has 0 aliphatic carbocycles. The molecule has 0 amide bonds. The van der Waals surface area contributed by atoms with Crippen LogP contribution >= 0.6 is 23.2 Å². The molecular weight excluding hydrogens is 223 g/mol. The van der Waals surface area contributed by atoms with Crippen LogP contribution in [0.4, 0.5) is 0 Å². The Hall–Kier alpha value is 1.96.